The van der Waals surface area contributed by atoms with E-state index in [0.29, 0.717) is 22.7 Å². The van der Waals surface area contributed by atoms with Crippen LogP contribution in [0.2, 0.25) is 0 Å². The SMILES string of the molecule is COc1ccc(Nc2cnccc2C#N)c(OC)c1. The molecule has 0 radical (unpaired) electrons. The molecule has 0 amide bonds. The summed E-state index contributed by atoms with van der Waals surface area (Å²) in [6.07, 6.45) is 3.18. The fraction of sp³-hybridized carbons (Fsp3) is 0.143. The normalized spacial score (nSPS) is 9.53. The predicted molar refractivity (Wildman–Crippen MR) is 71.8 cm³/mol. The van der Waals surface area contributed by atoms with Gasteiger partial charge in [0.25, 0.3) is 0 Å². The summed E-state index contributed by atoms with van der Waals surface area (Å²) >= 11 is 0. The number of ether oxygens (including phenoxy) is 2. The van der Waals surface area contributed by atoms with Gasteiger partial charge in [-0.15, -0.1) is 0 Å². The van der Waals surface area contributed by atoms with Gasteiger partial charge < -0.3 is 14.8 Å². The van der Waals surface area contributed by atoms with E-state index in [9.17, 15) is 0 Å². The monoisotopic (exact) mass is 255 g/mol. The van der Waals surface area contributed by atoms with E-state index in [0.717, 1.165) is 5.69 Å². The molecule has 0 atom stereocenters. The van der Waals surface area contributed by atoms with Crippen LogP contribution >= 0.6 is 0 Å². The highest BCUT2D eigenvalue weighted by atomic mass is 16.5. The maximum absolute atomic E-state index is 9.04. The van der Waals surface area contributed by atoms with Crippen molar-refractivity contribution in [1.82, 2.24) is 4.98 Å². The summed E-state index contributed by atoms with van der Waals surface area (Å²) in [7, 11) is 3.17. The first kappa shape index (κ1) is 12.7. The zero-order chi connectivity index (χ0) is 13.7. The van der Waals surface area contributed by atoms with E-state index in [1.54, 1.807) is 38.7 Å². The minimum absolute atomic E-state index is 0.521. The summed E-state index contributed by atoms with van der Waals surface area (Å²) in [6.45, 7) is 0. The smallest absolute Gasteiger partial charge is 0.145 e. The van der Waals surface area contributed by atoms with Gasteiger partial charge in [-0.3, -0.25) is 4.98 Å². The number of anilines is 2. The molecule has 19 heavy (non-hydrogen) atoms. The molecule has 0 saturated carbocycles. The Morgan fingerprint density at radius 3 is 2.68 bits per heavy atom. The molecule has 2 aromatic rings. The van der Waals surface area contributed by atoms with E-state index in [-0.39, 0.29) is 0 Å². The fourth-order valence-corrected chi connectivity index (χ4v) is 1.64. The summed E-state index contributed by atoms with van der Waals surface area (Å²) in [5.74, 6) is 1.33. The van der Waals surface area contributed by atoms with Crippen molar-refractivity contribution >= 4 is 11.4 Å². The number of hydrogen-bond acceptors (Lipinski definition) is 5. The second-order valence-electron chi connectivity index (χ2n) is 3.72. The van der Waals surface area contributed by atoms with Gasteiger partial charge in [0.15, 0.2) is 0 Å². The van der Waals surface area contributed by atoms with Gasteiger partial charge in [-0.1, -0.05) is 0 Å². The highest BCUT2D eigenvalue weighted by Crippen LogP contribution is 2.31. The standard InChI is InChI=1S/C14H13N3O2/c1-18-11-3-4-12(14(7-11)19-2)17-13-9-16-6-5-10(13)8-15/h3-7,9,17H,1-2H3. The quantitative estimate of drug-likeness (QED) is 0.909. The Hall–Kier alpha value is -2.74. The van der Waals surface area contributed by atoms with Gasteiger partial charge in [0.2, 0.25) is 0 Å². The Labute approximate surface area is 111 Å². The van der Waals surface area contributed by atoms with Crippen LogP contribution in [0.4, 0.5) is 11.4 Å². The largest absolute Gasteiger partial charge is 0.497 e. The minimum Gasteiger partial charge on any atom is -0.497 e. The molecule has 0 fully saturated rings. The number of pyridine rings is 1. The first-order valence-electron chi connectivity index (χ1n) is 5.61. The van der Waals surface area contributed by atoms with Crippen LogP contribution in [0.1, 0.15) is 5.56 Å². The molecular weight excluding hydrogens is 242 g/mol. The summed E-state index contributed by atoms with van der Waals surface area (Å²) in [4.78, 5) is 4.00. The first-order valence-corrected chi connectivity index (χ1v) is 5.61. The Morgan fingerprint density at radius 2 is 2.00 bits per heavy atom. The fourth-order valence-electron chi connectivity index (χ4n) is 1.64. The van der Waals surface area contributed by atoms with Crippen molar-refractivity contribution in [2.24, 2.45) is 0 Å². The lowest BCUT2D eigenvalue weighted by molar-refractivity contribution is 0.395. The van der Waals surface area contributed by atoms with E-state index < -0.39 is 0 Å². The van der Waals surface area contributed by atoms with Gasteiger partial charge in [-0.25, -0.2) is 0 Å². The van der Waals surface area contributed by atoms with Crippen molar-refractivity contribution in [1.29, 1.82) is 5.26 Å². The van der Waals surface area contributed by atoms with Gasteiger partial charge in [0.1, 0.15) is 17.6 Å². The third kappa shape index (κ3) is 2.75. The second-order valence-corrected chi connectivity index (χ2v) is 3.72. The molecule has 0 saturated heterocycles. The topological polar surface area (TPSA) is 67.2 Å². The lowest BCUT2D eigenvalue weighted by Crippen LogP contribution is -1.98. The third-order valence-corrected chi connectivity index (χ3v) is 2.62. The van der Waals surface area contributed by atoms with Crippen LogP contribution in [0.5, 0.6) is 11.5 Å². The number of aromatic nitrogens is 1. The van der Waals surface area contributed by atoms with Gasteiger partial charge in [0, 0.05) is 12.3 Å². The number of nitrogens with zero attached hydrogens (tertiary/aromatic N) is 2. The molecule has 5 nitrogen and oxygen atoms in total. The molecule has 0 spiro atoms. The molecule has 2 rings (SSSR count). The highest BCUT2D eigenvalue weighted by Gasteiger charge is 2.07. The number of rotatable bonds is 4. The molecule has 0 aliphatic heterocycles. The average Bonchev–Trinajstić information content (AvgIpc) is 2.48. The predicted octanol–water partition coefficient (Wildman–Crippen LogP) is 2.71. The third-order valence-electron chi connectivity index (χ3n) is 2.62. The summed E-state index contributed by atoms with van der Waals surface area (Å²) in [5, 5.41) is 12.2. The van der Waals surface area contributed by atoms with Crippen LogP contribution < -0.4 is 14.8 Å². The Morgan fingerprint density at radius 1 is 1.16 bits per heavy atom. The first-order chi connectivity index (χ1) is 9.28. The molecule has 0 aliphatic rings. The highest BCUT2D eigenvalue weighted by molar-refractivity contribution is 5.70. The van der Waals surface area contributed by atoms with E-state index in [1.165, 1.54) is 0 Å². The van der Waals surface area contributed by atoms with Crippen molar-refractivity contribution in [3.8, 4) is 17.6 Å². The molecule has 1 aromatic heterocycles. The van der Waals surface area contributed by atoms with E-state index in [4.69, 9.17) is 14.7 Å². The lowest BCUT2D eigenvalue weighted by atomic mass is 10.2. The maximum Gasteiger partial charge on any atom is 0.145 e. The van der Waals surface area contributed by atoms with E-state index in [2.05, 4.69) is 16.4 Å². The van der Waals surface area contributed by atoms with Crippen molar-refractivity contribution in [2.75, 3.05) is 19.5 Å². The van der Waals surface area contributed by atoms with Crippen molar-refractivity contribution in [3.63, 3.8) is 0 Å². The van der Waals surface area contributed by atoms with Crippen molar-refractivity contribution < 1.29 is 9.47 Å². The minimum atomic E-state index is 0.521. The number of hydrogen-bond donors (Lipinski definition) is 1. The van der Waals surface area contributed by atoms with Crippen molar-refractivity contribution in [3.05, 3.63) is 42.2 Å². The molecule has 1 aromatic carbocycles. The molecule has 5 heteroatoms. The Balaban J connectivity index is 2.36. The van der Waals surface area contributed by atoms with Crippen molar-refractivity contribution in [2.45, 2.75) is 0 Å². The summed E-state index contributed by atoms with van der Waals surface area (Å²) in [5.41, 5.74) is 1.90. The zero-order valence-electron chi connectivity index (χ0n) is 10.7. The van der Waals surface area contributed by atoms with Crippen LogP contribution in [0.15, 0.2) is 36.7 Å². The van der Waals surface area contributed by atoms with E-state index in [1.807, 2.05) is 12.1 Å². The molecule has 1 N–H and O–H groups in total. The number of nitriles is 1. The molecular formula is C14H13N3O2. The molecule has 0 unspecified atom stereocenters. The van der Waals surface area contributed by atoms with Crippen LogP contribution in [-0.2, 0) is 0 Å². The zero-order valence-corrected chi connectivity index (χ0v) is 10.7. The van der Waals surface area contributed by atoms with Gasteiger partial charge in [-0.05, 0) is 18.2 Å². The lowest BCUT2D eigenvalue weighted by Gasteiger charge is -2.12. The van der Waals surface area contributed by atoms with Crippen LogP contribution in [0.25, 0.3) is 0 Å². The second kappa shape index (κ2) is 5.74. The van der Waals surface area contributed by atoms with Gasteiger partial charge in [-0.2, -0.15) is 5.26 Å². The molecule has 0 aliphatic carbocycles. The molecule has 1 heterocycles. The number of methoxy groups -OCH3 is 2. The summed E-state index contributed by atoms with van der Waals surface area (Å²) in [6, 6.07) is 9.17. The molecule has 96 valence electrons. The van der Waals surface area contributed by atoms with Crippen LogP contribution in [-0.4, -0.2) is 19.2 Å². The maximum atomic E-state index is 9.04. The van der Waals surface area contributed by atoms with Gasteiger partial charge >= 0.3 is 0 Å². The number of nitrogens with one attached hydrogen (secondary N) is 1. The van der Waals surface area contributed by atoms with Gasteiger partial charge in [0.05, 0.1) is 37.4 Å². The van der Waals surface area contributed by atoms with Crippen LogP contribution in [0.3, 0.4) is 0 Å². The Kier molecular flexibility index (Phi) is 3.84. The van der Waals surface area contributed by atoms with Crippen LogP contribution in [0, 0.1) is 11.3 Å². The summed E-state index contributed by atoms with van der Waals surface area (Å²) < 4.78 is 10.4. The van der Waals surface area contributed by atoms with E-state index >= 15 is 0 Å². The Bertz CT molecular complexity index is 620. The average molecular weight is 255 g/mol. The molecule has 0 bridgehead atoms. The number of benzene rings is 1.